The van der Waals surface area contributed by atoms with Gasteiger partial charge in [-0.3, -0.25) is 0 Å². The second-order valence-corrected chi connectivity index (χ2v) is 5.54. The summed E-state index contributed by atoms with van der Waals surface area (Å²) in [6.45, 7) is 5.70. The van der Waals surface area contributed by atoms with Crippen molar-refractivity contribution in [1.82, 2.24) is 5.32 Å². The number of amides is 1. The van der Waals surface area contributed by atoms with E-state index in [0.717, 1.165) is 0 Å². The monoisotopic (exact) mass is 299 g/mol. The highest BCUT2D eigenvalue weighted by molar-refractivity contribution is 6.17. The third-order valence-electron chi connectivity index (χ3n) is 2.29. The van der Waals surface area contributed by atoms with Crippen LogP contribution in [0.25, 0.3) is 6.08 Å². The lowest BCUT2D eigenvalue weighted by atomic mass is 10.1. The molecule has 0 saturated heterocycles. The first-order valence-corrected chi connectivity index (χ1v) is 6.83. The lowest BCUT2D eigenvalue weighted by Gasteiger charge is -2.19. The molecule has 0 radical (unpaired) electrons. The molecule has 0 aliphatic rings. The number of carbonyl (C=O) groups is 1. The second-order valence-electron chi connectivity index (χ2n) is 5.27. The Hall–Kier alpha value is -1.55. The van der Waals surface area contributed by atoms with Crippen molar-refractivity contribution < 1.29 is 13.9 Å². The van der Waals surface area contributed by atoms with Crippen molar-refractivity contribution in [2.75, 3.05) is 6.54 Å². The van der Waals surface area contributed by atoms with Crippen LogP contribution in [-0.4, -0.2) is 18.2 Å². The summed E-state index contributed by atoms with van der Waals surface area (Å²) in [5.41, 5.74) is 0.659. The molecule has 0 atom stereocenters. The van der Waals surface area contributed by atoms with Gasteiger partial charge in [-0.2, -0.15) is 0 Å². The van der Waals surface area contributed by atoms with Crippen molar-refractivity contribution in [3.63, 3.8) is 0 Å². The number of hydrogen-bond acceptors (Lipinski definition) is 2. The third-order valence-corrected chi connectivity index (χ3v) is 2.58. The van der Waals surface area contributed by atoms with Gasteiger partial charge in [-0.1, -0.05) is 24.3 Å². The van der Waals surface area contributed by atoms with Crippen molar-refractivity contribution in [1.29, 1.82) is 0 Å². The first kappa shape index (κ1) is 16.5. The van der Waals surface area contributed by atoms with E-state index in [0.29, 0.717) is 17.7 Å². The van der Waals surface area contributed by atoms with Crippen molar-refractivity contribution in [3.05, 3.63) is 41.2 Å². The van der Waals surface area contributed by atoms with E-state index in [9.17, 15) is 9.18 Å². The van der Waals surface area contributed by atoms with Crippen LogP contribution in [0.15, 0.2) is 24.3 Å². The molecule has 1 rings (SSSR count). The van der Waals surface area contributed by atoms with Gasteiger partial charge < -0.3 is 10.1 Å². The van der Waals surface area contributed by atoms with Gasteiger partial charge in [0.25, 0.3) is 0 Å². The summed E-state index contributed by atoms with van der Waals surface area (Å²) in [5.74, 6) is -0.182. The van der Waals surface area contributed by atoms with E-state index in [-0.39, 0.29) is 11.7 Å². The van der Waals surface area contributed by atoms with Gasteiger partial charge in [0.05, 0.1) is 5.88 Å². The smallest absolute Gasteiger partial charge is 0.407 e. The number of ether oxygens (including phenoxy) is 1. The highest BCUT2D eigenvalue weighted by Crippen LogP contribution is 2.13. The van der Waals surface area contributed by atoms with E-state index in [4.69, 9.17) is 16.3 Å². The van der Waals surface area contributed by atoms with Crippen molar-refractivity contribution in [3.8, 4) is 0 Å². The van der Waals surface area contributed by atoms with E-state index >= 15 is 0 Å². The predicted molar refractivity (Wildman–Crippen MR) is 79.2 cm³/mol. The fraction of sp³-hybridized carbons (Fsp3) is 0.400. The van der Waals surface area contributed by atoms with Crippen LogP contribution in [-0.2, 0) is 10.6 Å². The maximum atomic E-state index is 13.5. The number of alkyl carbamates (subject to hydrolysis) is 1. The van der Waals surface area contributed by atoms with E-state index < -0.39 is 11.7 Å². The lowest BCUT2D eigenvalue weighted by molar-refractivity contribution is 0.0534. The van der Waals surface area contributed by atoms with Crippen molar-refractivity contribution in [2.24, 2.45) is 0 Å². The molecule has 1 N–H and O–H groups in total. The van der Waals surface area contributed by atoms with Gasteiger partial charge in [-0.05, 0) is 32.4 Å². The van der Waals surface area contributed by atoms with Gasteiger partial charge in [0.2, 0.25) is 0 Å². The highest BCUT2D eigenvalue weighted by atomic mass is 35.5. The summed E-state index contributed by atoms with van der Waals surface area (Å²) in [5, 5.41) is 2.58. The number of nitrogens with one attached hydrogen (secondary N) is 1. The first-order chi connectivity index (χ1) is 9.31. The van der Waals surface area contributed by atoms with Gasteiger partial charge in [0.1, 0.15) is 11.4 Å². The number of carbonyl (C=O) groups excluding carboxylic acids is 1. The Kier molecular flexibility index (Phi) is 6.02. The van der Waals surface area contributed by atoms with Crippen LogP contribution < -0.4 is 5.32 Å². The summed E-state index contributed by atoms with van der Waals surface area (Å²) in [7, 11) is 0. The molecule has 110 valence electrons. The Labute approximate surface area is 123 Å². The minimum atomic E-state index is -0.520. The van der Waals surface area contributed by atoms with Crippen molar-refractivity contribution in [2.45, 2.75) is 32.3 Å². The lowest BCUT2D eigenvalue weighted by Crippen LogP contribution is -2.32. The van der Waals surface area contributed by atoms with E-state index in [1.165, 1.54) is 6.07 Å². The Morgan fingerprint density at radius 1 is 1.45 bits per heavy atom. The fourth-order valence-corrected chi connectivity index (χ4v) is 1.64. The molecule has 0 heterocycles. The Morgan fingerprint density at radius 2 is 2.15 bits per heavy atom. The number of hydrogen-bond donors (Lipinski definition) is 1. The molecule has 1 aromatic rings. The normalized spacial score (nSPS) is 11.7. The molecular weight excluding hydrogens is 281 g/mol. The number of alkyl halides is 1. The molecule has 5 heteroatoms. The number of rotatable bonds is 4. The summed E-state index contributed by atoms with van der Waals surface area (Å²) in [6, 6.07) is 4.82. The Bertz CT molecular complexity index is 495. The van der Waals surface area contributed by atoms with Gasteiger partial charge in [-0.25, -0.2) is 9.18 Å². The number of benzene rings is 1. The van der Waals surface area contributed by atoms with Crippen LogP contribution in [0.1, 0.15) is 31.9 Å². The molecule has 0 aliphatic carbocycles. The summed E-state index contributed by atoms with van der Waals surface area (Å²) in [6.07, 6.45) is 2.96. The van der Waals surface area contributed by atoms with Gasteiger partial charge in [-0.15, -0.1) is 11.6 Å². The van der Waals surface area contributed by atoms with E-state index in [1.807, 2.05) is 0 Å². The van der Waals surface area contributed by atoms with Gasteiger partial charge in [0, 0.05) is 12.1 Å². The third kappa shape index (κ3) is 6.06. The fourth-order valence-electron chi connectivity index (χ4n) is 1.43. The molecule has 0 fully saturated rings. The molecule has 3 nitrogen and oxygen atoms in total. The summed E-state index contributed by atoms with van der Waals surface area (Å²) < 4.78 is 18.5. The van der Waals surface area contributed by atoms with Crippen LogP contribution in [0.4, 0.5) is 9.18 Å². The molecule has 0 unspecified atom stereocenters. The van der Waals surface area contributed by atoms with Crippen LogP contribution in [0, 0.1) is 5.82 Å². The van der Waals surface area contributed by atoms with Gasteiger partial charge >= 0.3 is 6.09 Å². The minimum absolute atomic E-state index is 0.149. The SMILES string of the molecule is CC(C)(C)OC(=O)NCC=Cc1ccc(CCl)c(F)c1. The van der Waals surface area contributed by atoms with Crippen LogP contribution in [0.2, 0.25) is 0 Å². The zero-order valence-electron chi connectivity index (χ0n) is 11.9. The molecule has 0 spiro atoms. The van der Waals surface area contributed by atoms with Crippen LogP contribution in [0.3, 0.4) is 0 Å². The molecule has 1 aromatic carbocycles. The first-order valence-electron chi connectivity index (χ1n) is 6.29. The second kappa shape index (κ2) is 7.29. The Morgan fingerprint density at radius 3 is 2.70 bits per heavy atom. The Balaban J connectivity index is 2.46. The van der Waals surface area contributed by atoms with Gasteiger partial charge in [0.15, 0.2) is 0 Å². The van der Waals surface area contributed by atoms with Crippen molar-refractivity contribution >= 4 is 23.8 Å². The molecule has 0 aliphatic heterocycles. The molecular formula is C15H19ClFNO2. The maximum Gasteiger partial charge on any atom is 0.407 e. The van der Waals surface area contributed by atoms with Crippen LogP contribution >= 0.6 is 11.6 Å². The average molecular weight is 300 g/mol. The van der Waals surface area contributed by atoms with Crippen LogP contribution in [0.5, 0.6) is 0 Å². The molecule has 1 amide bonds. The molecule has 0 aromatic heterocycles. The van der Waals surface area contributed by atoms with E-state index in [1.54, 1.807) is 45.1 Å². The zero-order chi connectivity index (χ0) is 15.2. The average Bonchev–Trinajstić information content (AvgIpc) is 2.33. The largest absolute Gasteiger partial charge is 0.444 e. The minimum Gasteiger partial charge on any atom is -0.444 e. The highest BCUT2D eigenvalue weighted by Gasteiger charge is 2.14. The standard InChI is InChI=1S/C15H19ClFNO2/c1-15(2,3)20-14(19)18-8-4-5-11-6-7-12(10-16)13(17)9-11/h4-7,9H,8,10H2,1-3H3,(H,18,19). The predicted octanol–water partition coefficient (Wildman–Crippen LogP) is 4.10. The molecule has 20 heavy (non-hydrogen) atoms. The molecule has 0 saturated carbocycles. The van der Waals surface area contributed by atoms with E-state index in [2.05, 4.69) is 5.32 Å². The topological polar surface area (TPSA) is 38.3 Å². The molecule has 0 bridgehead atoms. The zero-order valence-corrected chi connectivity index (χ0v) is 12.6. The summed E-state index contributed by atoms with van der Waals surface area (Å²) in [4.78, 5) is 11.4. The maximum absolute atomic E-state index is 13.5. The summed E-state index contributed by atoms with van der Waals surface area (Å²) >= 11 is 5.58. The quantitative estimate of drug-likeness (QED) is 0.850. The number of halogens is 2.